The zero-order chi connectivity index (χ0) is 22.3. The van der Waals surface area contributed by atoms with Gasteiger partial charge in [0.1, 0.15) is 17.4 Å². The van der Waals surface area contributed by atoms with Crippen molar-refractivity contribution >= 4 is 39.3 Å². The fraction of sp³-hybridized carbons (Fsp3) is 0.316. The average Bonchev–Trinajstić information content (AvgIpc) is 3.37. The number of halogens is 6. The predicted molar refractivity (Wildman–Crippen MR) is 108 cm³/mol. The van der Waals surface area contributed by atoms with E-state index in [2.05, 4.69) is 31.4 Å². The Balaban J connectivity index is 1.50. The van der Waals surface area contributed by atoms with Crippen LogP contribution in [0.25, 0.3) is 0 Å². The predicted octanol–water partition coefficient (Wildman–Crippen LogP) is 5.22. The molecule has 2 aromatic heterocycles. The molecule has 31 heavy (non-hydrogen) atoms. The summed E-state index contributed by atoms with van der Waals surface area (Å²) in [6.07, 6.45) is -1.75. The van der Waals surface area contributed by atoms with Gasteiger partial charge in [-0.15, -0.1) is 0 Å². The van der Waals surface area contributed by atoms with E-state index in [1.165, 1.54) is 16.9 Å². The van der Waals surface area contributed by atoms with E-state index in [0.717, 1.165) is 17.5 Å². The number of benzene rings is 1. The summed E-state index contributed by atoms with van der Waals surface area (Å²) in [7, 11) is 0. The average molecular weight is 521 g/mol. The van der Waals surface area contributed by atoms with Crippen molar-refractivity contribution in [1.29, 1.82) is 0 Å². The minimum Gasteiger partial charge on any atom is -0.306 e. The Labute approximate surface area is 187 Å². The van der Waals surface area contributed by atoms with Crippen molar-refractivity contribution in [3.8, 4) is 0 Å². The topological polar surface area (TPSA) is 64.7 Å². The van der Waals surface area contributed by atoms with Gasteiger partial charge in [0.15, 0.2) is 11.5 Å². The van der Waals surface area contributed by atoms with Crippen LogP contribution in [0.15, 0.2) is 34.9 Å². The molecule has 1 aliphatic carbocycles. The second kappa shape index (κ2) is 8.27. The fourth-order valence-electron chi connectivity index (χ4n) is 3.17. The molecule has 0 aliphatic heterocycles. The Bertz CT molecular complexity index is 1140. The van der Waals surface area contributed by atoms with Gasteiger partial charge in [-0.3, -0.25) is 14.2 Å². The summed E-state index contributed by atoms with van der Waals surface area (Å²) in [6, 6.07) is 6.16. The number of alkyl halides is 3. The summed E-state index contributed by atoms with van der Waals surface area (Å²) in [6.45, 7) is -0.341. The minimum absolute atomic E-state index is 0.0262. The molecule has 2 heterocycles. The molecule has 0 atom stereocenters. The largest absolute Gasteiger partial charge is 0.436 e. The molecule has 1 amide bonds. The number of hydrogen-bond acceptors (Lipinski definition) is 3. The lowest BCUT2D eigenvalue weighted by molar-refractivity contribution is -0.142. The fourth-order valence-corrected chi connectivity index (χ4v) is 4.20. The molecule has 0 spiro atoms. The van der Waals surface area contributed by atoms with Gasteiger partial charge in [0.25, 0.3) is 0 Å². The molecule has 0 bridgehead atoms. The molecule has 0 saturated heterocycles. The van der Waals surface area contributed by atoms with Crippen molar-refractivity contribution < 1.29 is 22.4 Å². The van der Waals surface area contributed by atoms with Crippen LogP contribution in [0.5, 0.6) is 0 Å². The van der Waals surface area contributed by atoms with Gasteiger partial charge in [0.05, 0.1) is 16.7 Å². The summed E-state index contributed by atoms with van der Waals surface area (Å²) in [5.74, 6) is -1.09. The third kappa shape index (κ3) is 4.77. The highest BCUT2D eigenvalue weighted by atomic mass is 79.9. The van der Waals surface area contributed by atoms with Crippen LogP contribution in [0.2, 0.25) is 5.02 Å². The molecule has 1 saturated carbocycles. The SMILES string of the molecule is O=C(Cn1nc(C(F)(F)F)c(Br)c1C1CC1)Nc1nn(Cc2ccccc2F)cc1Cl. The first-order valence-corrected chi connectivity index (χ1v) is 10.4. The summed E-state index contributed by atoms with van der Waals surface area (Å²) in [5, 5.41) is 10.3. The second-order valence-corrected chi connectivity index (χ2v) is 8.34. The molecule has 1 aromatic carbocycles. The van der Waals surface area contributed by atoms with E-state index in [-0.39, 0.29) is 27.8 Å². The number of carbonyl (C=O) groups excluding carboxylic acids is 1. The van der Waals surface area contributed by atoms with Crippen LogP contribution >= 0.6 is 27.5 Å². The molecule has 1 fully saturated rings. The van der Waals surface area contributed by atoms with Crippen LogP contribution in [0, 0.1) is 5.82 Å². The molecule has 1 aliphatic rings. The molecule has 3 aromatic rings. The number of amides is 1. The highest BCUT2D eigenvalue weighted by Gasteiger charge is 2.42. The minimum atomic E-state index is -4.64. The van der Waals surface area contributed by atoms with E-state index < -0.39 is 30.1 Å². The van der Waals surface area contributed by atoms with Gasteiger partial charge in [-0.1, -0.05) is 29.8 Å². The number of nitrogens with one attached hydrogen (secondary N) is 1. The van der Waals surface area contributed by atoms with Gasteiger partial charge in [-0.25, -0.2) is 4.39 Å². The number of carbonyl (C=O) groups is 1. The van der Waals surface area contributed by atoms with Gasteiger partial charge < -0.3 is 5.32 Å². The Morgan fingerprint density at radius 2 is 1.97 bits per heavy atom. The monoisotopic (exact) mass is 519 g/mol. The number of anilines is 1. The Morgan fingerprint density at radius 1 is 1.26 bits per heavy atom. The Hall–Kier alpha value is -2.40. The number of rotatable bonds is 6. The molecule has 6 nitrogen and oxygen atoms in total. The van der Waals surface area contributed by atoms with Gasteiger partial charge in [-0.05, 0) is 34.8 Å². The maximum Gasteiger partial charge on any atom is 0.436 e. The normalized spacial score (nSPS) is 14.1. The van der Waals surface area contributed by atoms with Crippen LogP contribution in [0.4, 0.5) is 23.4 Å². The van der Waals surface area contributed by atoms with Crippen molar-refractivity contribution in [2.75, 3.05) is 5.32 Å². The first-order valence-electron chi connectivity index (χ1n) is 9.23. The third-order valence-corrected chi connectivity index (χ3v) is 5.78. The maximum atomic E-state index is 13.8. The van der Waals surface area contributed by atoms with Crippen molar-refractivity contribution in [3.63, 3.8) is 0 Å². The van der Waals surface area contributed by atoms with Crippen LogP contribution in [-0.2, 0) is 24.1 Å². The van der Waals surface area contributed by atoms with Crippen LogP contribution in [0.1, 0.15) is 35.7 Å². The standard InChI is InChI=1S/C19H15BrClF4N5O/c20-15-16(10-5-6-10)30(27-17(15)19(23,24)25)9-14(31)26-18-12(21)8-29(28-18)7-11-3-1-2-4-13(11)22/h1-4,8,10H,5-7,9H2,(H,26,28,31). The van der Waals surface area contributed by atoms with E-state index in [4.69, 9.17) is 11.6 Å². The molecule has 164 valence electrons. The quantitative estimate of drug-likeness (QED) is 0.454. The van der Waals surface area contributed by atoms with Gasteiger partial charge >= 0.3 is 6.18 Å². The molecule has 1 N–H and O–H groups in total. The van der Waals surface area contributed by atoms with E-state index >= 15 is 0 Å². The first-order chi connectivity index (χ1) is 14.6. The van der Waals surface area contributed by atoms with Crippen LogP contribution in [0.3, 0.4) is 0 Å². The Morgan fingerprint density at radius 3 is 2.61 bits per heavy atom. The smallest absolute Gasteiger partial charge is 0.306 e. The third-order valence-electron chi connectivity index (χ3n) is 4.72. The highest BCUT2D eigenvalue weighted by molar-refractivity contribution is 9.10. The van der Waals surface area contributed by atoms with Crippen molar-refractivity contribution in [2.45, 2.75) is 38.0 Å². The van der Waals surface area contributed by atoms with Crippen molar-refractivity contribution in [1.82, 2.24) is 19.6 Å². The lowest BCUT2D eigenvalue weighted by atomic mass is 10.2. The number of hydrogen-bond donors (Lipinski definition) is 1. The van der Waals surface area contributed by atoms with E-state index in [1.807, 2.05) is 0 Å². The van der Waals surface area contributed by atoms with Gasteiger partial charge in [0, 0.05) is 17.7 Å². The molecule has 4 rings (SSSR count). The first kappa shape index (κ1) is 21.8. The number of aromatic nitrogens is 4. The zero-order valence-electron chi connectivity index (χ0n) is 15.8. The Kier molecular flexibility index (Phi) is 5.82. The van der Waals surface area contributed by atoms with E-state index in [0.29, 0.717) is 11.3 Å². The highest BCUT2D eigenvalue weighted by Crippen LogP contribution is 2.47. The summed E-state index contributed by atoms with van der Waals surface area (Å²) in [5.41, 5.74) is -0.331. The molecular weight excluding hydrogens is 506 g/mol. The molecule has 0 unspecified atom stereocenters. The maximum absolute atomic E-state index is 13.8. The lowest BCUT2D eigenvalue weighted by Crippen LogP contribution is -2.22. The van der Waals surface area contributed by atoms with Gasteiger partial charge in [0.2, 0.25) is 5.91 Å². The van der Waals surface area contributed by atoms with Crippen LogP contribution < -0.4 is 5.32 Å². The number of nitrogens with zero attached hydrogens (tertiary/aromatic N) is 4. The summed E-state index contributed by atoms with van der Waals surface area (Å²) >= 11 is 9.09. The second-order valence-electron chi connectivity index (χ2n) is 7.14. The molecular formula is C19H15BrClF4N5O. The lowest BCUT2D eigenvalue weighted by Gasteiger charge is -2.07. The summed E-state index contributed by atoms with van der Waals surface area (Å²) < 4.78 is 55.7. The zero-order valence-corrected chi connectivity index (χ0v) is 18.1. The van der Waals surface area contributed by atoms with Gasteiger partial charge in [-0.2, -0.15) is 23.4 Å². The van der Waals surface area contributed by atoms with Crippen molar-refractivity contribution in [2.24, 2.45) is 0 Å². The van der Waals surface area contributed by atoms with E-state index in [1.54, 1.807) is 18.2 Å². The molecule has 0 radical (unpaired) electrons. The summed E-state index contributed by atoms with van der Waals surface area (Å²) in [4.78, 5) is 12.5. The molecule has 12 heteroatoms. The van der Waals surface area contributed by atoms with Crippen LogP contribution in [-0.4, -0.2) is 25.5 Å². The van der Waals surface area contributed by atoms with Crippen molar-refractivity contribution in [3.05, 3.63) is 62.7 Å². The van der Waals surface area contributed by atoms with E-state index in [9.17, 15) is 22.4 Å².